The molecule has 0 aliphatic carbocycles. The maximum atomic E-state index is 6.13. The monoisotopic (exact) mass is 233 g/mol. The van der Waals surface area contributed by atoms with Crippen LogP contribution < -0.4 is 5.32 Å². The first-order valence-corrected chi connectivity index (χ1v) is 6.50. The maximum Gasteiger partial charge on any atom is 0.0783 e. The summed E-state index contributed by atoms with van der Waals surface area (Å²) in [5.41, 5.74) is 3.95. The van der Waals surface area contributed by atoms with Gasteiger partial charge in [-0.25, -0.2) is 0 Å². The molecule has 1 aromatic rings. The van der Waals surface area contributed by atoms with Crippen LogP contribution in [0, 0.1) is 13.8 Å². The predicted molar refractivity (Wildman–Crippen MR) is 71.2 cm³/mol. The molecule has 1 unspecified atom stereocenters. The summed E-state index contributed by atoms with van der Waals surface area (Å²) in [5, 5.41) is 3.41. The smallest absolute Gasteiger partial charge is 0.0783 e. The Labute approximate surface area is 104 Å². The summed E-state index contributed by atoms with van der Waals surface area (Å²) in [6.45, 7) is 9.32. The summed E-state index contributed by atoms with van der Waals surface area (Å²) in [7, 11) is 0. The van der Waals surface area contributed by atoms with Gasteiger partial charge in [-0.15, -0.1) is 0 Å². The van der Waals surface area contributed by atoms with E-state index in [1.54, 1.807) is 0 Å². The van der Waals surface area contributed by atoms with Gasteiger partial charge in [0, 0.05) is 6.54 Å². The second kappa shape index (κ2) is 5.19. The van der Waals surface area contributed by atoms with E-state index in [-0.39, 0.29) is 5.60 Å². The van der Waals surface area contributed by atoms with Crippen LogP contribution in [0.1, 0.15) is 36.5 Å². The lowest BCUT2D eigenvalue weighted by Crippen LogP contribution is -2.45. The number of nitrogens with one attached hydrogen (secondary N) is 1. The molecule has 1 N–H and O–H groups in total. The van der Waals surface area contributed by atoms with Crippen molar-refractivity contribution in [1.82, 2.24) is 5.32 Å². The van der Waals surface area contributed by atoms with Gasteiger partial charge in [0.1, 0.15) is 0 Å². The fourth-order valence-corrected chi connectivity index (χ4v) is 2.36. The SMILES string of the molecule is Cc1ccc(C)c(COC2(C)CCCNC2)c1. The molecule has 0 saturated carbocycles. The molecule has 1 fully saturated rings. The number of benzene rings is 1. The van der Waals surface area contributed by atoms with Crippen molar-refractivity contribution in [1.29, 1.82) is 0 Å². The van der Waals surface area contributed by atoms with Gasteiger partial charge >= 0.3 is 0 Å². The summed E-state index contributed by atoms with van der Waals surface area (Å²) in [6.07, 6.45) is 2.37. The molecule has 1 aliphatic heterocycles. The van der Waals surface area contributed by atoms with Gasteiger partial charge in [-0.2, -0.15) is 0 Å². The van der Waals surface area contributed by atoms with Gasteiger partial charge in [0.25, 0.3) is 0 Å². The van der Waals surface area contributed by atoms with Gasteiger partial charge in [0.05, 0.1) is 12.2 Å². The molecule has 2 heteroatoms. The topological polar surface area (TPSA) is 21.3 Å². The van der Waals surface area contributed by atoms with Crippen LogP contribution in [-0.4, -0.2) is 18.7 Å². The van der Waals surface area contributed by atoms with E-state index in [1.807, 2.05) is 0 Å². The van der Waals surface area contributed by atoms with E-state index in [1.165, 1.54) is 23.1 Å². The van der Waals surface area contributed by atoms with Gasteiger partial charge in [-0.3, -0.25) is 0 Å². The highest BCUT2D eigenvalue weighted by atomic mass is 16.5. The van der Waals surface area contributed by atoms with E-state index in [0.717, 1.165) is 26.1 Å². The third-order valence-corrected chi connectivity index (χ3v) is 3.64. The molecular formula is C15H23NO. The quantitative estimate of drug-likeness (QED) is 0.866. The fraction of sp³-hybridized carbons (Fsp3) is 0.600. The highest BCUT2D eigenvalue weighted by Crippen LogP contribution is 2.23. The largest absolute Gasteiger partial charge is 0.369 e. The Morgan fingerprint density at radius 1 is 1.35 bits per heavy atom. The molecule has 2 rings (SSSR count). The molecule has 1 heterocycles. The van der Waals surface area contributed by atoms with E-state index >= 15 is 0 Å². The highest BCUT2D eigenvalue weighted by Gasteiger charge is 2.27. The van der Waals surface area contributed by atoms with E-state index < -0.39 is 0 Å². The van der Waals surface area contributed by atoms with Crippen molar-refractivity contribution in [2.45, 2.75) is 45.8 Å². The first-order valence-electron chi connectivity index (χ1n) is 6.50. The molecule has 2 nitrogen and oxygen atoms in total. The molecule has 1 aliphatic rings. The molecule has 0 radical (unpaired) electrons. The summed E-state index contributed by atoms with van der Waals surface area (Å²) >= 11 is 0. The lowest BCUT2D eigenvalue weighted by molar-refractivity contribution is -0.0573. The van der Waals surface area contributed by atoms with E-state index in [0.29, 0.717) is 0 Å². The van der Waals surface area contributed by atoms with Crippen molar-refractivity contribution in [3.63, 3.8) is 0 Å². The molecule has 1 atom stereocenters. The van der Waals surface area contributed by atoms with Crippen molar-refractivity contribution in [3.05, 3.63) is 34.9 Å². The summed E-state index contributed by atoms with van der Waals surface area (Å²) in [4.78, 5) is 0. The van der Waals surface area contributed by atoms with Crippen LogP contribution in [0.2, 0.25) is 0 Å². The second-order valence-electron chi connectivity index (χ2n) is 5.45. The van der Waals surface area contributed by atoms with E-state index in [4.69, 9.17) is 4.74 Å². The average molecular weight is 233 g/mol. The number of rotatable bonds is 3. The number of hydrogen-bond acceptors (Lipinski definition) is 2. The van der Waals surface area contributed by atoms with Gasteiger partial charge in [0.2, 0.25) is 0 Å². The number of ether oxygens (including phenoxy) is 1. The first-order chi connectivity index (χ1) is 8.09. The van der Waals surface area contributed by atoms with Crippen LogP contribution in [0.25, 0.3) is 0 Å². The summed E-state index contributed by atoms with van der Waals surface area (Å²) < 4.78 is 6.13. The van der Waals surface area contributed by atoms with Gasteiger partial charge in [-0.1, -0.05) is 23.8 Å². The maximum absolute atomic E-state index is 6.13. The van der Waals surface area contributed by atoms with Crippen molar-refractivity contribution < 1.29 is 4.74 Å². The van der Waals surface area contributed by atoms with Crippen LogP contribution in [0.5, 0.6) is 0 Å². The molecule has 1 saturated heterocycles. The Morgan fingerprint density at radius 3 is 2.88 bits per heavy atom. The molecule has 0 aromatic heterocycles. The van der Waals surface area contributed by atoms with E-state index in [2.05, 4.69) is 44.3 Å². The van der Waals surface area contributed by atoms with E-state index in [9.17, 15) is 0 Å². The Kier molecular flexibility index (Phi) is 3.85. The van der Waals surface area contributed by atoms with Crippen LogP contribution in [0.4, 0.5) is 0 Å². The second-order valence-corrected chi connectivity index (χ2v) is 5.45. The standard InChI is InChI=1S/C15H23NO/c1-12-5-6-13(2)14(9-12)10-17-15(3)7-4-8-16-11-15/h5-6,9,16H,4,7-8,10-11H2,1-3H3. The minimum Gasteiger partial charge on any atom is -0.369 e. The molecular weight excluding hydrogens is 210 g/mol. The fourth-order valence-electron chi connectivity index (χ4n) is 2.36. The third kappa shape index (κ3) is 3.30. The molecule has 1 aromatic carbocycles. The predicted octanol–water partition coefficient (Wildman–Crippen LogP) is 2.96. The minimum atomic E-state index is 0.00837. The van der Waals surface area contributed by atoms with Crippen LogP contribution >= 0.6 is 0 Å². The molecule has 0 spiro atoms. The van der Waals surface area contributed by atoms with Gasteiger partial charge in [-0.05, 0) is 51.3 Å². The average Bonchev–Trinajstić information content (AvgIpc) is 2.31. The van der Waals surface area contributed by atoms with Crippen molar-refractivity contribution in [2.24, 2.45) is 0 Å². The lowest BCUT2D eigenvalue weighted by Gasteiger charge is -2.34. The zero-order valence-corrected chi connectivity index (χ0v) is 11.2. The van der Waals surface area contributed by atoms with Gasteiger partial charge < -0.3 is 10.1 Å². The Balaban J connectivity index is 1.99. The van der Waals surface area contributed by atoms with Crippen LogP contribution in [0.15, 0.2) is 18.2 Å². The molecule has 17 heavy (non-hydrogen) atoms. The highest BCUT2D eigenvalue weighted by molar-refractivity contribution is 5.29. The van der Waals surface area contributed by atoms with Crippen LogP contribution in [0.3, 0.4) is 0 Å². The normalized spacial score (nSPS) is 24.9. The molecule has 94 valence electrons. The Hall–Kier alpha value is -0.860. The Morgan fingerprint density at radius 2 is 2.18 bits per heavy atom. The van der Waals surface area contributed by atoms with Crippen molar-refractivity contribution in [2.75, 3.05) is 13.1 Å². The Bertz CT molecular complexity index is 381. The summed E-state index contributed by atoms with van der Waals surface area (Å²) in [6, 6.07) is 6.56. The number of piperidine rings is 1. The minimum absolute atomic E-state index is 0.00837. The molecule has 0 amide bonds. The van der Waals surface area contributed by atoms with Crippen molar-refractivity contribution in [3.8, 4) is 0 Å². The number of hydrogen-bond donors (Lipinski definition) is 1. The summed E-state index contributed by atoms with van der Waals surface area (Å²) in [5.74, 6) is 0. The molecule has 0 bridgehead atoms. The zero-order valence-electron chi connectivity index (χ0n) is 11.2. The number of aryl methyl sites for hydroxylation is 2. The van der Waals surface area contributed by atoms with Gasteiger partial charge in [0.15, 0.2) is 0 Å². The van der Waals surface area contributed by atoms with Crippen LogP contribution in [-0.2, 0) is 11.3 Å². The first kappa shape index (κ1) is 12.6. The zero-order chi connectivity index (χ0) is 12.3. The third-order valence-electron chi connectivity index (χ3n) is 3.64. The van der Waals surface area contributed by atoms with Crippen molar-refractivity contribution >= 4 is 0 Å². The lowest BCUT2D eigenvalue weighted by atomic mass is 9.96.